The molecule has 1 aromatic rings. The monoisotopic (exact) mass is 345 g/mol. The first-order valence-corrected chi connectivity index (χ1v) is 9.20. The summed E-state index contributed by atoms with van der Waals surface area (Å²) < 4.78 is 5.46. The molecule has 0 aromatic heterocycles. The third kappa shape index (κ3) is 5.19. The fourth-order valence-electron chi connectivity index (χ4n) is 3.38. The van der Waals surface area contributed by atoms with E-state index in [4.69, 9.17) is 4.74 Å². The molecule has 6 heteroatoms. The molecule has 1 atom stereocenters. The van der Waals surface area contributed by atoms with Crippen molar-refractivity contribution in [2.24, 2.45) is 0 Å². The maximum atomic E-state index is 12.3. The van der Waals surface area contributed by atoms with E-state index in [0.29, 0.717) is 32.5 Å². The average Bonchev–Trinajstić information content (AvgIpc) is 3.16. The molecule has 0 spiro atoms. The van der Waals surface area contributed by atoms with Gasteiger partial charge in [0.2, 0.25) is 5.91 Å². The van der Waals surface area contributed by atoms with Crippen LogP contribution in [0.2, 0.25) is 0 Å². The van der Waals surface area contributed by atoms with Gasteiger partial charge in [-0.3, -0.25) is 4.79 Å². The van der Waals surface area contributed by atoms with E-state index in [1.54, 1.807) is 0 Å². The SMILES string of the molecule is O=C(NCCCC(=O)N1CCc2ccccc2C1)NC[C@H]1CCCO1. The van der Waals surface area contributed by atoms with E-state index in [-0.39, 0.29) is 18.0 Å². The maximum Gasteiger partial charge on any atom is 0.314 e. The molecule has 2 N–H and O–H groups in total. The number of fused-ring (bicyclic) bond motifs is 1. The Bertz CT molecular complexity index is 599. The van der Waals surface area contributed by atoms with Crippen LogP contribution < -0.4 is 10.6 Å². The van der Waals surface area contributed by atoms with Crippen molar-refractivity contribution in [2.75, 3.05) is 26.2 Å². The van der Waals surface area contributed by atoms with Crippen LogP contribution in [0, 0.1) is 0 Å². The highest BCUT2D eigenvalue weighted by Gasteiger charge is 2.20. The number of benzene rings is 1. The Balaban J connectivity index is 1.30. The smallest absolute Gasteiger partial charge is 0.314 e. The number of urea groups is 1. The van der Waals surface area contributed by atoms with Crippen molar-refractivity contribution in [1.29, 1.82) is 0 Å². The highest BCUT2D eigenvalue weighted by molar-refractivity contribution is 5.77. The van der Waals surface area contributed by atoms with Crippen LogP contribution in [-0.2, 0) is 22.5 Å². The van der Waals surface area contributed by atoms with E-state index in [1.165, 1.54) is 11.1 Å². The van der Waals surface area contributed by atoms with Crippen molar-refractivity contribution in [2.45, 2.75) is 44.8 Å². The fourth-order valence-corrected chi connectivity index (χ4v) is 3.38. The molecule has 2 aliphatic heterocycles. The Morgan fingerprint density at radius 1 is 1.20 bits per heavy atom. The molecule has 3 rings (SSSR count). The topological polar surface area (TPSA) is 70.7 Å². The van der Waals surface area contributed by atoms with Gasteiger partial charge in [0.1, 0.15) is 0 Å². The third-order valence-corrected chi connectivity index (χ3v) is 4.85. The Morgan fingerprint density at radius 2 is 2.04 bits per heavy atom. The minimum atomic E-state index is -0.185. The molecule has 2 aliphatic rings. The van der Waals surface area contributed by atoms with Gasteiger partial charge in [0.25, 0.3) is 0 Å². The Labute approximate surface area is 148 Å². The van der Waals surface area contributed by atoms with E-state index in [9.17, 15) is 9.59 Å². The number of nitrogens with one attached hydrogen (secondary N) is 2. The largest absolute Gasteiger partial charge is 0.376 e. The quantitative estimate of drug-likeness (QED) is 0.773. The van der Waals surface area contributed by atoms with Crippen molar-refractivity contribution in [1.82, 2.24) is 15.5 Å². The molecule has 0 bridgehead atoms. The van der Waals surface area contributed by atoms with Gasteiger partial charge in [-0.25, -0.2) is 4.79 Å². The summed E-state index contributed by atoms with van der Waals surface area (Å²) in [6.07, 6.45) is 4.27. The molecule has 0 unspecified atom stereocenters. The zero-order valence-electron chi connectivity index (χ0n) is 14.6. The van der Waals surface area contributed by atoms with E-state index in [0.717, 1.165) is 32.4 Å². The molecule has 0 saturated carbocycles. The normalized spacial score (nSPS) is 19.4. The van der Waals surface area contributed by atoms with Crippen molar-refractivity contribution < 1.29 is 14.3 Å². The third-order valence-electron chi connectivity index (χ3n) is 4.85. The van der Waals surface area contributed by atoms with Crippen molar-refractivity contribution >= 4 is 11.9 Å². The number of hydrogen-bond donors (Lipinski definition) is 2. The van der Waals surface area contributed by atoms with Gasteiger partial charge in [0.05, 0.1) is 6.10 Å². The first-order chi connectivity index (χ1) is 12.2. The number of hydrogen-bond acceptors (Lipinski definition) is 3. The molecule has 0 aliphatic carbocycles. The Morgan fingerprint density at radius 3 is 2.84 bits per heavy atom. The van der Waals surface area contributed by atoms with Gasteiger partial charge in [-0.05, 0) is 36.8 Å². The zero-order chi connectivity index (χ0) is 17.5. The van der Waals surface area contributed by atoms with Crippen molar-refractivity contribution in [3.63, 3.8) is 0 Å². The second-order valence-corrected chi connectivity index (χ2v) is 6.71. The van der Waals surface area contributed by atoms with Gasteiger partial charge in [-0.15, -0.1) is 0 Å². The number of carbonyl (C=O) groups is 2. The number of ether oxygens (including phenoxy) is 1. The van der Waals surface area contributed by atoms with E-state index < -0.39 is 0 Å². The van der Waals surface area contributed by atoms with Gasteiger partial charge >= 0.3 is 6.03 Å². The van der Waals surface area contributed by atoms with Crippen LogP contribution in [0.25, 0.3) is 0 Å². The molecular formula is C19H27N3O3. The standard InChI is InChI=1S/C19H27N3O3/c23-18(22-11-9-15-5-1-2-6-16(15)14-22)8-3-10-20-19(24)21-13-17-7-4-12-25-17/h1-2,5-6,17H,3-4,7-14H2,(H2,20,21,24)/t17-/m1/s1. The first-order valence-electron chi connectivity index (χ1n) is 9.20. The summed E-state index contributed by atoms with van der Waals surface area (Å²) in [5.41, 5.74) is 2.59. The fraction of sp³-hybridized carbons (Fsp3) is 0.579. The predicted molar refractivity (Wildman–Crippen MR) is 95.2 cm³/mol. The summed E-state index contributed by atoms with van der Waals surface area (Å²) in [5, 5.41) is 5.62. The van der Waals surface area contributed by atoms with Gasteiger partial charge in [0, 0.05) is 39.2 Å². The molecule has 1 fully saturated rings. The van der Waals surface area contributed by atoms with Crippen LogP contribution in [0.3, 0.4) is 0 Å². The summed E-state index contributed by atoms with van der Waals surface area (Å²) >= 11 is 0. The molecule has 6 nitrogen and oxygen atoms in total. The number of rotatable bonds is 6. The summed E-state index contributed by atoms with van der Waals surface area (Å²) in [6, 6.07) is 8.11. The molecule has 1 aromatic carbocycles. The molecule has 0 radical (unpaired) electrons. The molecule has 1 saturated heterocycles. The van der Waals surface area contributed by atoms with Crippen molar-refractivity contribution in [3.05, 3.63) is 35.4 Å². The van der Waals surface area contributed by atoms with Crippen LogP contribution in [0.5, 0.6) is 0 Å². The predicted octanol–water partition coefficient (Wildman–Crippen LogP) is 1.83. The number of carbonyl (C=O) groups excluding carboxylic acids is 2. The second-order valence-electron chi connectivity index (χ2n) is 6.71. The Kier molecular flexibility index (Phi) is 6.28. The lowest BCUT2D eigenvalue weighted by molar-refractivity contribution is -0.132. The minimum absolute atomic E-state index is 0.148. The van der Waals surface area contributed by atoms with E-state index in [2.05, 4.69) is 22.8 Å². The van der Waals surface area contributed by atoms with Gasteiger partial charge in [0.15, 0.2) is 0 Å². The number of nitrogens with zero attached hydrogens (tertiary/aromatic N) is 1. The van der Waals surface area contributed by atoms with Crippen LogP contribution in [0.4, 0.5) is 4.79 Å². The van der Waals surface area contributed by atoms with Gasteiger partial charge in [-0.2, -0.15) is 0 Å². The summed E-state index contributed by atoms with van der Waals surface area (Å²) in [7, 11) is 0. The lowest BCUT2D eigenvalue weighted by atomic mass is 9.99. The molecule has 3 amide bonds. The average molecular weight is 345 g/mol. The molecule has 136 valence electrons. The highest BCUT2D eigenvalue weighted by atomic mass is 16.5. The second kappa shape index (κ2) is 8.85. The molecule has 2 heterocycles. The summed E-state index contributed by atoms with van der Waals surface area (Å²) in [4.78, 5) is 26.0. The van der Waals surface area contributed by atoms with E-state index in [1.807, 2.05) is 17.0 Å². The van der Waals surface area contributed by atoms with Crippen LogP contribution in [-0.4, -0.2) is 49.2 Å². The number of amides is 3. The van der Waals surface area contributed by atoms with Crippen LogP contribution >= 0.6 is 0 Å². The lowest BCUT2D eigenvalue weighted by Crippen LogP contribution is -2.40. The van der Waals surface area contributed by atoms with Crippen molar-refractivity contribution in [3.8, 4) is 0 Å². The highest BCUT2D eigenvalue weighted by Crippen LogP contribution is 2.19. The van der Waals surface area contributed by atoms with Gasteiger partial charge in [-0.1, -0.05) is 24.3 Å². The molecule has 25 heavy (non-hydrogen) atoms. The van der Waals surface area contributed by atoms with Crippen LogP contribution in [0.15, 0.2) is 24.3 Å². The maximum absolute atomic E-state index is 12.3. The zero-order valence-corrected chi connectivity index (χ0v) is 14.6. The summed E-state index contributed by atoms with van der Waals surface area (Å²) in [6.45, 7) is 3.33. The molecular weight excluding hydrogens is 318 g/mol. The Hall–Kier alpha value is -2.08. The van der Waals surface area contributed by atoms with Gasteiger partial charge < -0.3 is 20.3 Å². The minimum Gasteiger partial charge on any atom is -0.376 e. The first kappa shape index (κ1) is 17.7. The summed E-state index contributed by atoms with van der Waals surface area (Å²) in [5.74, 6) is 0.163. The lowest BCUT2D eigenvalue weighted by Gasteiger charge is -2.29. The van der Waals surface area contributed by atoms with E-state index >= 15 is 0 Å². The van der Waals surface area contributed by atoms with Crippen LogP contribution in [0.1, 0.15) is 36.8 Å².